The van der Waals surface area contributed by atoms with Crippen LogP contribution in [0.4, 0.5) is 0 Å². The van der Waals surface area contributed by atoms with Gasteiger partial charge in [-0.3, -0.25) is 9.89 Å². The maximum absolute atomic E-state index is 10.4. The number of likely N-dealkylation sites (N-methyl/N-ethyl adjacent to an activating group) is 1. The summed E-state index contributed by atoms with van der Waals surface area (Å²) in [6.07, 6.45) is 2.76. The van der Waals surface area contributed by atoms with Crippen molar-refractivity contribution in [3.05, 3.63) is 53.1 Å². The molecule has 4 nitrogen and oxygen atoms in total. The Balaban J connectivity index is 2.04. The van der Waals surface area contributed by atoms with Crippen LogP contribution in [-0.2, 0) is 13.0 Å². The number of nitrogens with one attached hydrogen (secondary N) is 1. The van der Waals surface area contributed by atoms with Gasteiger partial charge in [0.05, 0.1) is 11.1 Å². The second kappa shape index (κ2) is 6.37. The average Bonchev–Trinajstić information content (AvgIpc) is 2.97. The van der Waals surface area contributed by atoms with Gasteiger partial charge in [0.15, 0.2) is 5.88 Å². The van der Waals surface area contributed by atoms with E-state index in [0.29, 0.717) is 0 Å². The predicted octanol–water partition coefficient (Wildman–Crippen LogP) is 3.97. The summed E-state index contributed by atoms with van der Waals surface area (Å²) >= 11 is 0. The molecule has 2 heterocycles. The Bertz CT molecular complexity index is 941. The quantitative estimate of drug-likeness (QED) is 0.713. The van der Waals surface area contributed by atoms with E-state index in [9.17, 15) is 5.11 Å². The zero-order chi connectivity index (χ0) is 17.4. The summed E-state index contributed by atoms with van der Waals surface area (Å²) in [7, 11) is 1.73. The molecule has 0 radical (unpaired) electrons. The van der Waals surface area contributed by atoms with Gasteiger partial charge in [-0.05, 0) is 41.3 Å². The van der Waals surface area contributed by atoms with Crippen molar-refractivity contribution in [2.24, 2.45) is 4.99 Å². The number of aliphatic imine (C=N–C) groups is 1. The Morgan fingerprint density at radius 1 is 1.24 bits per heavy atom. The number of aromatic hydroxyl groups is 1. The Labute approximate surface area is 147 Å². The van der Waals surface area contributed by atoms with Crippen LogP contribution in [0.25, 0.3) is 22.0 Å². The van der Waals surface area contributed by atoms with Crippen molar-refractivity contribution in [3.63, 3.8) is 0 Å². The minimum atomic E-state index is 0.196. The van der Waals surface area contributed by atoms with Crippen molar-refractivity contribution in [3.8, 4) is 17.0 Å². The highest BCUT2D eigenvalue weighted by atomic mass is 16.3. The summed E-state index contributed by atoms with van der Waals surface area (Å²) in [6, 6.07) is 12.7. The number of benzene rings is 2. The maximum atomic E-state index is 10.4. The second-order valence-electron chi connectivity index (χ2n) is 6.56. The molecule has 1 aromatic heterocycles. The highest BCUT2D eigenvalue weighted by molar-refractivity contribution is 6.05. The number of H-pyrrole nitrogens is 1. The van der Waals surface area contributed by atoms with Crippen LogP contribution >= 0.6 is 0 Å². The van der Waals surface area contributed by atoms with E-state index < -0.39 is 0 Å². The molecule has 4 rings (SSSR count). The minimum Gasteiger partial charge on any atom is -0.494 e. The number of rotatable bonds is 3. The molecule has 0 atom stereocenters. The molecule has 0 saturated carbocycles. The van der Waals surface area contributed by atoms with Crippen LogP contribution in [0.2, 0.25) is 0 Å². The van der Waals surface area contributed by atoms with E-state index >= 15 is 0 Å². The maximum Gasteiger partial charge on any atom is 0.198 e. The van der Waals surface area contributed by atoms with E-state index in [1.165, 1.54) is 22.3 Å². The molecule has 1 aliphatic heterocycles. The molecule has 3 aromatic rings. The fraction of sp³-hybridized carbons (Fsp3) is 0.286. The van der Waals surface area contributed by atoms with Gasteiger partial charge in [-0.15, -0.1) is 0 Å². The third-order valence-corrected chi connectivity index (χ3v) is 5.19. The summed E-state index contributed by atoms with van der Waals surface area (Å²) in [6.45, 7) is 5.22. The topological polar surface area (TPSA) is 51.6 Å². The number of nitrogens with zero attached hydrogens (tertiary/aromatic N) is 2. The lowest BCUT2D eigenvalue weighted by Crippen LogP contribution is -2.30. The van der Waals surface area contributed by atoms with Gasteiger partial charge < -0.3 is 10.1 Å². The lowest BCUT2D eigenvalue weighted by Gasteiger charge is -2.29. The molecule has 2 N–H and O–H groups in total. The predicted molar refractivity (Wildman–Crippen MR) is 104 cm³/mol. The molecule has 0 fully saturated rings. The Kier molecular flexibility index (Phi) is 4.06. The van der Waals surface area contributed by atoms with Crippen LogP contribution in [-0.4, -0.2) is 41.3 Å². The van der Waals surface area contributed by atoms with Crippen LogP contribution in [0, 0.1) is 0 Å². The molecule has 0 spiro atoms. The molecule has 0 bridgehead atoms. The molecule has 2 aromatic carbocycles. The number of fused-ring (bicyclic) bond motifs is 3. The largest absolute Gasteiger partial charge is 0.494 e. The van der Waals surface area contributed by atoms with Crippen molar-refractivity contribution < 1.29 is 5.11 Å². The highest BCUT2D eigenvalue weighted by Gasteiger charge is 2.24. The summed E-state index contributed by atoms with van der Waals surface area (Å²) in [4.78, 5) is 9.77. The molecule has 0 unspecified atom stereocenters. The number of hydrogen-bond donors (Lipinski definition) is 2. The minimum absolute atomic E-state index is 0.196. The van der Waals surface area contributed by atoms with Gasteiger partial charge in [0.25, 0.3) is 0 Å². The molecule has 25 heavy (non-hydrogen) atoms. The third kappa shape index (κ3) is 2.63. The van der Waals surface area contributed by atoms with E-state index in [0.717, 1.165) is 42.5 Å². The molecular weight excluding hydrogens is 310 g/mol. The molecular formula is C21H23N3O. The SMILES string of the molecule is CCN1CCc2c(-c3ccccc3)cc3c(C=NC)c(O)[nH]c3c2C1. The average molecular weight is 333 g/mol. The van der Waals surface area contributed by atoms with Crippen molar-refractivity contribution in [1.29, 1.82) is 0 Å². The van der Waals surface area contributed by atoms with E-state index in [1.54, 1.807) is 13.3 Å². The first-order valence-corrected chi connectivity index (χ1v) is 8.82. The number of aromatic amines is 1. The lowest BCUT2D eigenvalue weighted by atomic mass is 9.88. The molecule has 0 aliphatic carbocycles. The van der Waals surface area contributed by atoms with Crippen LogP contribution < -0.4 is 0 Å². The Morgan fingerprint density at radius 2 is 2.04 bits per heavy atom. The third-order valence-electron chi connectivity index (χ3n) is 5.19. The normalized spacial score (nSPS) is 15.1. The van der Waals surface area contributed by atoms with Gasteiger partial charge in [0, 0.05) is 31.7 Å². The van der Waals surface area contributed by atoms with Crippen LogP contribution in [0.3, 0.4) is 0 Å². The first kappa shape index (κ1) is 15.9. The van der Waals surface area contributed by atoms with Crippen molar-refractivity contribution >= 4 is 17.1 Å². The first-order valence-electron chi connectivity index (χ1n) is 8.82. The Hall–Kier alpha value is -2.59. The van der Waals surface area contributed by atoms with Gasteiger partial charge in [-0.1, -0.05) is 37.3 Å². The molecule has 1 aliphatic rings. The number of hydrogen-bond acceptors (Lipinski definition) is 3. The smallest absolute Gasteiger partial charge is 0.198 e. The van der Waals surface area contributed by atoms with Crippen molar-refractivity contribution in [1.82, 2.24) is 9.88 Å². The van der Waals surface area contributed by atoms with Crippen molar-refractivity contribution in [2.75, 3.05) is 20.1 Å². The van der Waals surface area contributed by atoms with Crippen molar-refractivity contribution in [2.45, 2.75) is 19.9 Å². The number of aromatic nitrogens is 1. The molecule has 0 amide bonds. The molecule has 128 valence electrons. The molecule has 4 heteroatoms. The fourth-order valence-electron chi connectivity index (χ4n) is 3.89. The molecule has 0 saturated heterocycles. The van der Waals surface area contributed by atoms with Gasteiger partial charge in [-0.25, -0.2) is 0 Å². The Morgan fingerprint density at radius 3 is 2.76 bits per heavy atom. The zero-order valence-electron chi connectivity index (χ0n) is 14.7. The van der Waals surface area contributed by atoms with Gasteiger partial charge in [-0.2, -0.15) is 0 Å². The van der Waals surface area contributed by atoms with E-state index in [2.05, 4.69) is 52.1 Å². The van der Waals surface area contributed by atoms with E-state index in [1.807, 2.05) is 6.07 Å². The zero-order valence-corrected chi connectivity index (χ0v) is 14.7. The highest BCUT2D eigenvalue weighted by Crippen LogP contribution is 2.39. The van der Waals surface area contributed by atoms with Gasteiger partial charge in [0.2, 0.25) is 0 Å². The summed E-state index contributed by atoms with van der Waals surface area (Å²) in [5, 5.41) is 11.4. The standard InChI is InChI=1S/C21H23N3O/c1-3-24-10-9-15-16(14-7-5-4-6-8-14)11-17-18(12-22-2)21(25)23-20(17)19(15)13-24/h4-8,11-12,23,25H,3,9-10,13H2,1-2H3. The summed E-state index contributed by atoms with van der Waals surface area (Å²) < 4.78 is 0. The van der Waals surface area contributed by atoms with Crippen LogP contribution in [0.1, 0.15) is 23.6 Å². The first-order chi connectivity index (χ1) is 12.2. The summed E-state index contributed by atoms with van der Waals surface area (Å²) in [5.41, 5.74) is 7.00. The summed E-state index contributed by atoms with van der Waals surface area (Å²) in [5.74, 6) is 0.196. The van der Waals surface area contributed by atoms with Gasteiger partial charge >= 0.3 is 0 Å². The van der Waals surface area contributed by atoms with Gasteiger partial charge in [0.1, 0.15) is 0 Å². The van der Waals surface area contributed by atoms with E-state index in [4.69, 9.17) is 0 Å². The van der Waals surface area contributed by atoms with E-state index in [-0.39, 0.29) is 5.88 Å². The monoisotopic (exact) mass is 333 g/mol. The van der Waals surface area contributed by atoms with Crippen LogP contribution in [0.15, 0.2) is 41.4 Å². The lowest BCUT2D eigenvalue weighted by molar-refractivity contribution is 0.269. The fourth-order valence-corrected chi connectivity index (χ4v) is 3.89. The second-order valence-corrected chi connectivity index (χ2v) is 6.56. The van der Waals surface area contributed by atoms with Crippen LogP contribution in [0.5, 0.6) is 5.88 Å².